The predicted octanol–water partition coefficient (Wildman–Crippen LogP) is 1.91. The van der Waals surface area contributed by atoms with Crippen molar-refractivity contribution in [2.45, 2.75) is 45.6 Å². The van der Waals surface area contributed by atoms with Gasteiger partial charge in [-0.2, -0.15) is 0 Å². The monoisotopic (exact) mass is 362 g/mol. The summed E-state index contributed by atoms with van der Waals surface area (Å²) in [7, 11) is 0. The van der Waals surface area contributed by atoms with Gasteiger partial charge in [0.2, 0.25) is 0 Å². The fraction of sp³-hybridized carbons (Fsp3) is 0.857. The van der Waals surface area contributed by atoms with Crippen LogP contribution in [0.15, 0.2) is 11.6 Å². The summed E-state index contributed by atoms with van der Waals surface area (Å²) in [6.45, 7) is 10.5. The molecule has 0 aromatic carbocycles. The van der Waals surface area contributed by atoms with Crippen molar-refractivity contribution in [3.8, 4) is 0 Å². The molecular formula is C21H34N2O3. The maximum atomic E-state index is 12.7. The highest BCUT2D eigenvalue weighted by molar-refractivity contribution is 5.76. The Kier molecular flexibility index (Phi) is 5.15. The lowest BCUT2D eigenvalue weighted by molar-refractivity contribution is -0.145. The van der Waals surface area contributed by atoms with Gasteiger partial charge in [0.1, 0.15) is 6.10 Å². The van der Waals surface area contributed by atoms with Crippen molar-refractivity contribution in [1.82, 2.24) is 9.80 Å². The highest BCUT2D eigenvalue weighted by Gasteiger charge is 2.51. The number of carbonyl (C=O) groups is 1. The normalized spacial score (nSPS) is 41.3. The summed E-state index contributed by atoms with van der Waals surface area (Å²) in [6, 6.07) is 0. The number of carbonyl (C=O) groups excluding carboxylic acids is 1. The van der Waals surface area contributed by atoms with Gasteiger partial charge in [0, 0.05) is 45.2 Å². The number of nitrogens with zero attached hydrogens (tertiary/aromatic N) is 2. The molecule has 0 amide bonds. The third-order valence-electron chi connectivity index (χ3n) is 7.42. The van der Waals surface area contributed by atoms with E-state index in [1.54, 1.807) is 5.57 Å². The summed E-state index contributed by atoms with van der Waals surface area (Å²) in [5, 5.41) is 9.09. The Labute approximate surface area is 157 Å². The van der Waals surface area contributed by atoms with Crippen molar-refractivity contribution in [2.75, 3.05) is 45.9 Å². The van der Waals surface area contributed by atoms with Crippen LogP contribution >= 0.6 is 0 Å². The predicted molar refractivity (Wildman–Crippen MR) is 101 cm³/mol. The number of aliphatic hydroxyl groups is 1. The lowest BCUT2D eigenvalue weighted by atomic mass is 9.59. The molecule has 0 aromatic heterocycles. The molecule has 5 nitrogen and oxygen atoms in total. The van der Waals surface area contributed by atoms with Crippen molar-refractivity contribution < 1.29 is 14.6 Å². The average Bonchev–Trinajstić information content (AvgIpc) is 2.89. The lowest BCUT2D eigenvalue weighted by Gasteiger charge is -2.46. The molecule has 0 spiro atoms. The van der Waals surface area contributed by atoms with Gasteiger partial charge in [-0.25, -0.2) is 0 Å². The maximum absolute atomic E-state index is 12.7. The number of ether oxygens (including phenoxy) is 1. The summed E-state index contributed by atoms with van der Waals surface area (Å²) in [6.07, 6.45) is 7.37. The molecule has 0 radical (unpaired) electrons. The van der Waals surface area contributed by atoms with Gasteiger partial charge in [0.15, 0.2) is 0 Å². The fourth-order valence-electron chi connectivity index (χ4n) is 5.87. The van der Waals surface area contributed by atoms with E-state index in [1.165, 1.54) is 19.3 Å². The largest absolute Gasteiger partial charge is 0.461 e. The van der Waals surface area contributed by atoms with Crippen LogP contribution in [-0.2, 0) is 9.53 Å². The van der Waals surface area contributed by atoms with Crippen LogP contribution in [0.1, 0.15) is 39.5 Å². The smallest absolute Gasteiger partial charge is 0.311 e. The molecule has 0 aromatic rings. The van der Waals surface area contributed by atoms with E-state index < -0.39 is 0 Å². The van der Waals surface area contributed by atoms with E-state index in [4.69, 9.17) is 9.84 Å². The first kappa shape index (κ1) is 18.5. The van der Waals surface area contributed by atoms with E-state index in [9.17, 15) is 4.79 Å². The molecule has 2 heterocycles. The minimum atomic E-state index is -0.00410. The Hall–Kier alpha value is -0.910. The molecular weight excluding hydrogens is 328 g/mol. The number of piperazine rings is 1. The Morgan fingerprint density at radius 2 is 2.00 bits per heavy atom. The van der Waals surface area contributed by atoms with Gasteiger partial charge in [-0.1, -0.05) is 31.9 Å². The Morgan fingerprint density at radius 3 is 2.73 bits per heavy atom. The van der Waals surface area contributed by atoms with E-state index >= 15 is 0 Å². The molecule has 0 bridgehead atoms. The second-order valence-corrected chi connectivity index (χ2v) is 9.21. The van der Waals surface area contributed by atoms with Crippen LogP contribution in [0.5, 0.6) is 0 Å². The number of hydrogen-bond donors (Lipinski definition) is 1. The number of rotatable bonds is 4. The number of aliphatic hydroxyl groups excluding tert-OH is 1. The molecule has 5 atom stereocenters. The molecule has 3 fully saturated rings. The minimum Gasteiger partial charge on any atom is -0.461 e. The van der Waals surface area contributed by atoms with E-state index in [0.29, 0.717) is 5.92 Å². The molecule has 2 saturated heterocycles. The van der Waals surface area contributed by atoms with Crippen LogP contribution in [0.25, 0.3) is 0 Å². The van der Waals surface area contributed by atoms with Gasteiger partial charge >= 0.3 is 5.97 Å². The van der Waals surface area contributed by atoms with E-state index in [0.717, 1.165) is 45.7 Å². The first-order valence-corrected chi connectivity index (χ1v) is 10.5. The zero-order valence-corrected chi connectivity index (χ0v) is 16.3. The highest BCUT2D eigenvalue weighted by Crippen LogP contribution is 2.53. The van der Waals surface area contributed by atoms with E-state index in [1.807, 2.05) is 0 Å². The molecule has 2 aliphatic carbocycles. The first-order chi connectivity index (χ1) is 12.5. The minimum absolute atomic E-state index is 0.00410. The van der Waals surface area contributed by atoms with Crippen molar-refractivity contribution >= 4 is 5.97 Å². The molecule has 26 heavy (non-hydrogen) atoms. The van der Waals surface area contributed by atoms with Crippen molar-refractivity contribution in [3.63, 3.8) is 0 Å². The number of esters is 1. The second-order valence-electron chi connectivity index (χ2n) is 9.21. The van der Waals surface area contributed by atoms with Crippen LogP contribution in [0.2, 0.25) is 0 Å². The SMILES string of the molecule is C[C@H]1CCC[C@]2(C)C[C@H]3OC(=O)C(CN4CCN(CCO)CC4)[C@H]3C=C12. The van der Waals surface area contributed by atoms with Gasteiger partial charge in [0.25, 0.3) is 0 Å². The molecule has 4 aliphatic rings. The van der Waals surface area contributed by atoms with Crippen molar-refractivity contribution in [3.05, 3.63) is 11.6 Å². The number of allylic oxidation sites excluding steroid dienone is 1. The standard InChI is InChI=1S/C21H34N2O3/c1-15-4-3-5-21(2)13-19-16(12-18(15)21)17(20(25)26-19)14-23-8-6-22(7-9-23)10-11-24/h12,15-17,19,24H,3-11,13-14H2,1-2H3/t15-,16+,17?,19+,21+/m0/s1. The topological polar surface area (TPSA) is 53.0 Å². The third kappa shape index (κ3) is 3.34. The van der Waals surface area contributed by atoms with Crippen molar-refractivity contribution in [1.29, 1.82) is 0 Å². The van der Waals surface area contributed by atoms with Gasteiger partial charge in [0.05, 0.1) is 12.5 Å². The van der Waals surface area contributed by atoms with Gasteiger partial charge < -0.3 is 9.84 Å². The van der Waals surface area contributed by atoms with Gasteiger partial charge in [-0.15, -0.1) is 0 Å². The first-order valence-electron chi connectivity index (χ1n) is 10.5. The lowest BCUT2D eigenvalue weighted by Crippen LogP contribution is -2.49. The summed E-state index contributed by atoms with van der Waals surface area (Å²) in [5.74, 6) is 0.926. The average molecular weight is 363 g/mol. The zero-order valence-electron chi connectivity index (χ0n) is 16.3. The summed E-state index contributed by atoms with van der Waals surface area (Å²) in [4.78, 5) is 17.4. The highest BCUT2D eigenvalue weighted by atomic mass is 16.6. The van der Waals surface area contributed by atoms with Gasteiger partial charge in [-0.3, -0.25) is 14.6 Å². The number of hydrogen-bond acceptors (Lipinski definition) is 5. The second kappa shape index (κ2) is 7.25. The molecule has 4 rings (SSSR count). The summed E-state index contributed by atoms with van der Waals surface area (Å²) < 4.78 is 5.87. The summed E-state index contributed by atoms with van der Waals surface area (Å²) in [5.41, 5.74) is 1.84. The molecule has 1 saturated carbocycles. The van der Waals surface area contributed by atoms with Crippen LogP contribution in [0, 0.1) is 23.2 Å². The van der Waals surface area contributed by atoms with E-state index in [2.05, 4.69) is 29.7 Å². The fourth-order valence-corrected chi connectivity index (χ4v) is 5.87. The Balaban J connectivity index is 1.45. The van der Waals surface area contributed by atoms with Crippen molar-refractivity contribution in [2.24, 2.45) is 23.2 Å². The van der Waals surface area contributed by atoms with Gasteiger partial charge in [-0.05, 0) is 30.6 Å². The Bertz CT molecular complexity index is 570. The molecule has 146 valence electrons. The molecule has 5 heteroatoms. The number of fused-ring (bicyclic) bond motifs is 2. The third-order valence-corrected chi connectivity index (χ3v) is 7.42. The molecule has 2 aliphatic heterocycles. The maximum Gasteiger partial charge on any atom is 0.311 e. The van der Waals surface area contributed by atoms with E-state index in [-0.39, 0.29) is 35.9 Å². The number of β-amino-alcohol motifs (C(OH)–C–C–N with tert-alkyl or cyclic N) is 1. The van der Waals surface area contributed by atoms with Crippen LogP contribution < -0.4 is 0 Å². The van der Waals surface area contributed by atoms with Crippen LogP contribution in [0.4, 0.5) is 0 Å². The Morgan fingerprint density at radius 1 is 1.27 bits per heavy atom. The zero-order chi connectivity index (χ0) is 18.3. The summed E-state index contributed by atoms with van der Waals surface area (Å²) >= 11 is 0. The molecule has 1 unspecified atom stereocenters. The van der Waals surface area contributed by atoms with Crippen LogP contribution in [-0.4, -0.2) is 72.9 Å². The van der Waals surface area contributed by atoms with Crippen LogP contribution in [0.3, 0.4) is 0 Å². The quantitative estimate of drug-likeness (QED) is 0.612. The molecule has 1 N–H and O–H groups in total.